The number of allylic oxidation sites excluding steroid dienone is 1. The largest absolute Gasteiger partial charge is 0.481 e. The van der Waals surface area contributed by atoms with Crippen molar-refractivity contribution in [1.82, 2.24) is 10.6 Å². The molecule has 1 atom stereocenters. The van der Waals surface area contributed by atoms with E-state index >= 15 is 0 Å². The first kappa shape index (κ1) is 30.6. The number of aliphatic carboxylic acids is 2. The summed E-state index contributed by atoms with van der Waals surface area (Å²) in [4.78, 5) is 18.0. The Morgan fingerprint density at radius 3 is 1.68 bits per heavy atom. The quantitative estimate of drug-likeness (QED) is 0.226. The van der Waals surface area contributed by atoms with Gasteiger partial charge in [-0.25, -0.2) is 0 Å². The molecular formula is C28H52N2O4. The Balaban J connectivity index is 0.000000629. The van der Waals surface area contributed by atoms with E-state index in [1.165, 1.54) is 116 Å². The Kier molecular flexibility index (Phi) is 17.9. The maximum absolute atomic E-state index is 9.00. The predicted octanol–water partition coefficient (Wildman–Crippen LogP) is 6.01. The van der Waals surface area contributed by atoms with Crippen LogP contribution < -0.4 is 10.6 Å². The van der Waals surface area contributed by atoms with Crippen LogP contribution in [0.1, 0.15) is 110 Å². The van der Waals surface area contributed by atoms with Gasteiger partial charge in [0.15, 0.2) is 0 Å². The van der Waals surface area contributed by atoms with Crippen LogP contribution in [0.15, 0.2) is 11.6 Å². The number of hydrogen-bond acceptors (Lipinski definition) is 4. The molecule has 0 aromatic carbocycles. The molecule has 6 heteroatoms. The van der Waals surface area contributed by atoms with Crippen molar-refractivity contribution in [3.63, 3.8) is 0 Å². The van der Waals surface area contributed by atoms with Gasteiger partial charge >= 0.3 is 0 Å². The zero-order valence-corrected chi connectivity index (χ0v) is 22.0. The van der Waals surface area contributed by atoms with Crippen LogP contribution >= 0.6 is 0 Å². The monoisotopic (exact) mass is 480 g/mol. The van der Waals surface area contributed by atoms with E-state index in [0.717, 1.165) is 38.1 Å². The summed E-state index contributed by atoms with van der Waals surface area (Å²) in [5.74, 6) is 1.25. The van der Waals surface area contributed by atoms with Crippen LogP contribution in [0.5, 0.6) is 0 Å². The summed E-state index contributed by atoms with van der Waals surface area (Å²) in [6, 6.07) is 0. The predicted molar refractivity (Wildman–Crippen MR) is 140 cm³/mol. The van der Waals surface area contributed by atoms with Crippen LogP contribution in [-0.2, 0) is 9.59 Å². The molecule has 34 heavy (non-hydrogen) atoms. The molecule has 0 saturated heterocycles. The zero-order valence-electron chi connectivity index (χ0n) is 22.0. The Morgan fingerprint density at radius 2 is 1.24 bits per heavy atom. The van der Waals surface area contributed by atoms with Crippen molar-refractivity contribution in [3.05, 3.63) is 11.6 Å². The van der Waals surface area contributed by atoms with Gasteiger partial charge in [-0.15, -0.1) is 0 Å². The highest BCUT2D eigenvalue weighted by molar-refractivity contribution is 5.63. The van der Waals surface area contributed by atoms with Crippen LogP contribution in [0.3, 0.4) is 0 Å². The molecule has 0 radical (unpaired) electrons. The van der Waals surface area contributed by atoms with Crippen LogP contribution in [0.25, 0.3) is 0 Å². The standard InChI is InChI=1S/C24H44N2.2C2H4O2/c1-3-7-21(8-4-1)15-17-25-19-23-11-13-24(14-12-23)20-26-18-16-22-9-5-2-6-10-22;2*1-2(3)4/h11,21-22,24-26H,1-10,12-20H2;2*1H3,(H,3,4). The maximum Gasteiger partial charge on any atom is 0.300 e. The van der Waals surface area contributed by atoms with Crippen molar-refractivity contribution < 1.29 is 19.8 Å². The van der Waals surface area contributed by atoms with Gasteiger partial charge in [0.05, 0.1) is 0 Å². The highest BCUT2D eigenvalue weighted by Gasteiger charge is 2.16. The Morgan fingerprint density at radius 1 is 0.765 bits per heavy atom. The van der Waals surface area contributed by atoms with Gasteiger partial charge in [-0.1, -0.05) is 75.9 Å². The molecule has 0 aromatic rings. The molecule has 3 rings (SSSR count). The van der Waals surface area contributed by atoms with E-state index in [1.807, 2.05) is 0 Å². The molecule has 0 amide bonds. The van der Waals surface area contributed by atoms with Crippen LogP contribution in [-0.4, -0.2) is 48.3 Å². The SMILES string of the molecule is C1=C(CNCCC2CCCCC2)CCC(CNCCC2CCCCC2)C1.CC(=O)O.CC(=O)O. The fraction of sp³-hybridized carbons (Fsp3) is 0.857. The van der Waals surface area contributed by atoms with E-state index in [1.54, 1.807) is 5.57 Å². The Bertz CT molecular complexity index is 547. The average molecular weight is 481 g/mol. The molecule has 0 aromatic heterocycles. The fourth-order valence-electron chi connectivity index (χ4n) is 5.41. The van der Waals surface area contributed by atoms with E-state index in [-0.39, 0.29) is 0 Å². The molecule has 6 nitrogen and oxygen atoms in total. The van der Waals surface area contributed by atoms with Crippen molar-refractivity contribution in [2.45, 2.75) is 110 Å². The third-order valence-electron chi connectivity index (χ3n) is 7.31. The molecular weight excluding hydrogens is 428 g/mol. The van der Waals surface area contributed by atoms with Crippen molar-refractivity contribution in [3.8, 4) is 0 Å². The number of carbonyl (C=O) groups is 2. The zero-order chi connectivity index (χ0) is 25.0. The molecule has 0 aliphatic heterocycles. The summed E-state index contributed by atoms with van der Waals surface area (Å²) >= 11 is 0. The number of nitrogens with one attached hydrogen (secondary N) is 2. The second kappa shape index (κ2) is 19.9. The maximum atomic E-state index is 9.00. The first-order valence-electron chi connectivity index (χ1n) is 13.8. The van der Waals surface area contributed by atoms with E-state index in [0.29, 0.717) is 0 Å². The lowest BCUT2D eigenvalue weighted by Crippen LogP contribution is -2.28. The van der Waals surface area contributed by atoms with Gasteiger partial charge in [-0.3, -0.25) is 9.59 Å². The average Bonchev–Trinajstić information content (AvgIpc) is 2.81. The molecule has 3 aliphatic rings. The van der Waals surface area contributed by atoms with E-state index in [9.17, 15) is 0 Å². The molecule has 0 bridgehead atoms. The van der Waals surface area contributed by atoms with Crippen molar-refractivity contribution in [2.75, 3.05) is 26.2 Å². The Hall–Kier alpha value is -1.40. The lowest BCUT2D eigenvalue weighted by atomic mass is 9.86. The molecule has 2 fully saturated rings. The molecule has 1 unspecified atom stereocenters. The fourth-order valence-corrected chi connectivity index (χ4v) is 5.41. The van der Waals surface area contributed by atoms with E-state index in [4.69, 9.17) is 19.8 Å². The minimum absolute atomic E-state index is 0.833. The van der Waals surface area contributed by atoms with Crippen molar-refractivity contribution >= 4 is 11.9 Å². The van der Waals surface area contributed by atoms with Gasteiger partial charge in [0.1, 0.15) is 0 Å². The van der Waals surface area contributed by atoms with E-state index < -0.39 is 11.9 Å². The lowest BCUT2D eigenvalue weighted by Gasteiger charge is -2.25. The van der Waals surface area contributed by atoms with Crippen molar-refractivity contribution in [1.29, 1.82) is 0 Å². The van der Waals surface area contributed by atoms with Gasteiger partial charge in [0.25, 0.3) is 11.9 Å². The first-order valence-corrected chi connectivity index (χ1v) is 13.8. The van der Waals surface area contributed by atoms with Gasteiger partial charge in [-0.05, 0) is 69.5 Å². The smallest absolute Gasteiger partial charge is 0.300 e. The first-order chi connectivity index (χ1) is 16.4. The normalized spacial score (nSPS) is 21.4. The van der Waals surface area contributed by atoms with Gasteiger partial charge in [-0.2, -0.15) is 0 Å². The van der Waals surface area contributed by atoms with Gasteiger partial charge < -0.3 is 20.8 Å². The molecule has 198 valence electrons. The summed E-state index contributed by atoms with van der Waals surface area (Å²) in [7, 11) is 0. The topological polar surface area (TPSA) is 98.7 Å². The number of hydrogen-bond donors (Lipinski definition) is 4. The second-order valence-electron chi connectivity index (χ2n) is 10.5. The molecule has 0 spiro atoms. The highest BCUT2D eigenvalue weighted by Crippen LogP contribution is 2.27. The number of carboxylic acids is 2. The summed E-state index contributed by atoms with van der Waals surface area (Å²) in [5.41, 5.74) is 1.67. The Labute approximate surface area is 208 Å². The summed E-state index contributed by atoms with van der Waals surface area (Å²) in [6.45, 7) is 7.04. The van der Waals surface area contributed by atoms with E-state index in [2.05, 4.69) is 16.7 Å². The third kappa shape index (κ3) is 18.0. The summed E-state index contributed by atoms with van der Waals surface area (Å²) in [5, 5.41) is 22.3. The van der Waals surface area contributed by atoms with Crippen molar-refractivity contribution in [2.24, 2.45) is 17.8 Å². The van der Waals surface area contributed by atoms with Crippen LogP contribution in [0.4, 0.5) is 0 Å². The molecule has 3 aliphatic carbocycles. The lowest BCUT2D eigenvalue weighted by molar-refractivity contribution is -0.135. The highest BCUT2D eigenvalue weighted by atomic mass is 16.4. The minimum atomic E-state index is -0.833. The number of rotatable bonds is 10. The molecule has 2 saturated carbocycles. The van der Waals surface area contributed by atoms with Crippen LogP contribution in [0.2, 0.25) is 0 Å². The number of carboxylic acid groups (broad SMARTS) is 2. The minimum Gasteiger partial charge on any atom is -0.481 e. The summed E-state index contributed by atoms with van der Waals surface area (Å²) < 4.78 is 0. The molecule has 4 N–H and O–H groups in total. The van der Waals surface area contributed by atoms with Gasteiger partial charge in [0.2, 0.25) is 0 Å². The second-order valence-corrected chi connectivity index (χ2v) is 10.5. The summed E-state index contributed by atoms with van der Waals surface area (Å²) in [6.07, 6.45) is 24.2. The van der Waals surface area contributed by atoms with Gasteiger partial charge in [0, 0.05) is 20.4 Å². The third-order valence-corrected chi connectivity index (χ3v) is 7.31. The molecule has 0 heterocycles. The van der Waals surface area contributed by atoms with Crippen LogP contribution in [0, 0.1) is 17.8 Å².